The van der Waals surface area contributed by atoms with Crippen molar-refractivity contribution in [2.45, 2.75) is 80.4 Å². The van der Waals surface area contributed by atoms with Gasteiger partial charge in [-0.15, -0.1) is 11.8 Å². The molecule has 1 N–H and O–H groups in total. The minimum absolute atomic E-state index is 0.0205. The molecule has 8 heteroatoms. The Balaban J connectivity index is 1.40. The second-order valence-corrected chi connectivity index (χ2v) is 13.6. The molecule has 2 fully saturated rings. The third-order valence-electron chi connectivity index (χ3n) is 10.7. The molecule has 0 heterocycles. The number of ketones is 1. The minimum atomic E-state index is -5.86. The molecule has 5 atom stereocenters. The summed E-state index contributed by atoms with van der Waals surface area (Å²) >= 11 is 1.67. The molecular formula is C35H35F5O2S. The van der Waals surface area contributed by atoms with Crippen molar-refractivity contribution in [1.29, 1.82) is 0 Å². The zero-order valence-electron chi connectivity index (χ0n) is 24.2. The van der Waals surface area contributed by atoms with Crippen LogP contribution in [0.25, 0.3) is 12.2 Å². The van der Waals surface area contributed by atoms with Crippen molar-refractivity contribution < 1.29 is 31.9 Å². The van der Waals surface area contributed by atoms with Crippen molar-refractivity contribution >= 4 is 29.7 Å². The van der Waals surface area contributed by atoms with Gasteiger partial charge in [0, 0.05) is 22.6 Å². The average molecular weight is 615 g/mol. The summed E-state index contributed by atoms with van der Waals surface area (Å²) in [7, 11) is 0. The summed E-state index contributed by atoms with van der Waals surface area (Å²) in [6, 6.07) is 15.9. The van der Waals surface area contributed by atoms with Gasteiger partial charge in [-0.1, -0.05) is 61.0 Å². The smallest absolute Gasteiger partial charge is 0.383 e. The number of hydrogen-bond acceptors (Lipinski definition) is 3. The van der Waals surface area contributed by atoms with Crippen LogP contribution in [-0.4, -0.2) is 34.8 Å². The molecule has 2 aromatic rings. The van der Waals surface area contributed by atoms with E-state index in [1.807, 2.05) is 66.9 Å². The Hall–Kier alpha value is -2.71. The summed E-state index contributed by atoms with van der Waals surface area (Å²) in [6.45, 7) is 1.45. The van der Waals surface area contributed by atoms with E-state index in [9.17, 15) is 23.1 Å². The maximum absolute atomic E-state index is 15.2. The fraction of sp³-hybridized carbons (Fsp3) is 0.457. The first-order chi connectivity index (χ1) is 20.3. The number of thioether (sulfide) groups is 1. The highest BCUT2D eigenvalue weighted by Crippen LogP contribution is 2.70. The number of carbonyl (C=O) groups excluding carboxylic acids is 1. The van der Waals surface area contributed by atoms with Gasteiger partial charge in [0.2, 0.25) is 0 Å². The van der Waals surface area contributed by atoms with Gasteiger partial charge >= 0.3 is 12.1 Å². The Bertz CT molecular complexity index is 1500. The number of benzene rings is 2. The van der Waals surface area contributed by atoms with Crippen molar-refractivity contribution in [3.63, 3.8) is 0 Å². The maximum atomic E-state index is 15.2. The molecule has 6 rings (SSSR count). The maximum Gasteiger partial charge on any atom is 0.456 e. The standard InChI is InChI=1S/C35H35F5O2S/c1-32-20-29(23-9-5-21(6-10-23)3-4-22-7-13-26(43-2)14-8-22)31-27-16-12-25(41)19-24(27)11-15-28(31)30(32)17-18-33(32,42)34(36,37)35(38,39)40/h3-10,13-14,19,28-30,42H,11-12,15-18,20H2,1-2H3/b4-3+/t28?,29-,30?,32+,33+/m1/s1. The molecular weight excluding hydrogens is 579 g/mol. The Morgan fingerprint density at radius 1 is 0.907 bits per heavy atom. The zero-order valence-corrected chi connectivity index (χ0v) is 25.0. The highest BCUT2D eigenvalue weighted by Gasteiger charge is 2.79. The van der Waals surface area contributed by atoms with E-state index in [2.05, 4.69) is 0 Å². The first kappa shape index (κ1) is 30.3. The van der Waals surface area contributed by atoms with Gasteiger partial charge in [-0.2, -0.15) is 22.0 Å². The lowest BCUT2D eigenvalue weighted by atomic mass is 9.50. The van der Waals surface area contributed by atoms with Crippen LogP contribution in [0.5, 0.6) is 0 Å². The molecule has 0 radical (unpaired) electrons. The molecule has 2 nitrogen and oxygen atoms in total. The van der Waals surface area contributed by atoms with E-state index in [0.717, 1.165) is 33.4 Å². The second kappa shape index (κ2) is 10.7. The summed E-state index contributed by atoms with van der Waals surface area (Å²) in [4.78, 5) is 13.4. The second-order valence-electron chi connectivity index (χ2n) is 12.7. The van der Waals surface area contributed by atoms with Gasteiger partial charge in [-0.05, 0) is 103 Å². The Labute approximate surface area is 253 Å². The van der Waals surface area contributed by atoms with E-state index in [-0.39, 0.29) is 24.5 Å². The van der Waals surface area contributed by atoms with Gasteiger partial charge in [0.25, 0.3) is 0 Å². The quantitative estimate of drug-likeness (QED) is 0.207. The lowest BCUT2D eigenvalue weighted by Gasteiger charge is -2.56. The van der Waals surface area contributed by atoms with Gasteiger partial charge in [-0.3, -0.25) is 4.79 Å². The highest BCUT2D eigenvalue weighted by molar-refractivity contribution is 7.98. The van der Waals surface area contributed by atoms with Crippen molar-refractivity contribution in [3.8, 4) is 0 Å². The number of carbonyl (C=O) groups is 1. The molecule has 2 aromatic carbocycles. The molecule has 0 aliphatic heterocycles. The number of hydrogen-bond donors (Lipinski definition) is 1. The first-order valence-electron chi connectivity index (χ1n) is 14.8. The van der Waals surface area contributed by atoms with Gasteiger partial charge in [0.15, 0.2) is 5.78 Å². The molecule has 4 aliphatic carbocycles. The summed E-state index contributed by atoms with van der Waals surface area (Å²) in [5.41, 5.74) is 1.06. The van der Waals surface area contributed by atoms with Crippen molar-refractivity contribution in [2.24, 2.45) is 17.3 Å². The van der Waals surface area contributed by atoms with Gasteiger partial charge < -0.3 is 5.11 Å². The SMILES string of the molecule is CSc1ccc(/C=C/c2ccc([C@H]3C[C@@]4(C)C(CC[C@@]4(O)C(F)(F)C(F)(F)F)C4CCC5=CC(=O)CCC5=C43)cc2)cc1. The fourth-order valence-electron chi connectivity index (χ4n) is 8.46. The van der Waals surface area contributed by atoms with Gasteiger partial charge in [0.1, 0.15) is 5.60 Å². The summed E-state index contributed by atoms with van der Waals surface area (Å²) < 4.78 is 71.7. The topological polar surface area (TPSA) is 37.3 Å². The minimum Gasteiger partial charge on any atom is -0.383 e. The van der Waals surface area contributed by atoms with E-state index in [4.69, 9.17) is 0 Å². The van der Waals surface area contributed by atoms with Crippen LogP contribution in [0, 0.1) is 17.3 Å². The lowest BCUT2D eigenvalue weighted by molar-refractivity contribution is -0.362. The molecule has 4 aliphatic rings. The van der Waals surface area contributed by atoms with Crippen LogP contribution in [0.3, 0.4) is 0 Å². The normalized spacial score (nSPS) is 31.1. The number of rotatable bonds is 5. The van der Waals surface area contributed by atoms with E-state index < -0.39 is 41.4 Å². The van der Waals surface area contributed by atoms with E-state index in [1.165, 1.54) is 11.8 Å². The van der Waals surface area contributed by atoms with Crippen LogP contribution in [-0.2, 0) is 4.79 Å². The highest BCUT2D eigenvalue weighted by atomic mass is 32.2. The molecule has 0 aromatic heterocycles. The van der Waals surface area contributed by atoms with Gasteiger partial charge in [0.05, 0.1) is 0 Å². The van der Waals surface area contributed by atoms with E-state index >= 15 is 8.78 Å². The monoisotopic (exact) mass is 614 g/mol. The lowest BCUT2D eigenvalue weighted by Crippen LogP contribution is -2.65. The average Bonchev–Trinajstić information content (AvgIpc) is 3.26. The third-order valence-corrected chi connectivity index (χ3v) is 11.4. The van der Waals surface area contributed by atoms with Crippen molar-refractivity contribution in [1.82, 2.24) is 0 Å². The molecule has 2 unspecified atom stereocenters. The van der Waals surface area contributed by atoms with Crippen LogP contribution < -0.4 is 0 Å². The molecule has 2 saturated carbocycles. The molecule has 0 bridgehead atoms. The Morgan fingerprint density at radius 3 is 2.14 bits per heavy atom. The Kier molecular flexibility index (Phi) is 7.56. The number of alkyl halides is 5. The fourth-order valence-corrected chi connectivity index (χ4v) is 8.87. The van der Waals surface area contributed by atoms with Gasteiger partial charge in [-0.25, -0.2) is 0 Å². The van der Waals surface area contributed by atoms with Crippen LogP contribution in [0.2, 0.25) is 0 Å². The largest absolute Gasteiger partial charge is 0.456 e. The molecule has 0 amide bonds. The zero-order chi connectivity index (χ0) is 30.8. The predicted octanol–water partition coefficient (Wildman–Crippen LogP) is 9.41. The van der Waals surface area contributed by atoms with Crippen molar-refractivity contribution in [2.75, 3.05) is 6.26 Å². The van der Waals surface area contributed by atoms with Crippen LogP contribution >= 0.6 is 11.8 Å². The van der Waals surface area contributed by atoms with E-state index in [1.54, 1.807) is 17.8 Å². The van der Waals surface area contributed by atoms with Crippen LogP contribution in [0.1, 0.15) is 74.5 Å². The number of allylic oxidation sites excluding steroid dienone is 4. The molecule has 228 valence electrons. The summed E-state index contributed by atoms with van der Waals surface area (Å²) in [5, 5.41) is 11.4. The summed E-state index contributed by atoms with van der Waals surface area (Å²) in [6.07, 6.45) is 3.38. The molecule has 0 spiro atoms. The Morgan fingerprint density at radius 2 is 1.53 bits per heavy atom. The third kappa shape index (κ3) is 4.84. The summed E-state index contributed by atoms with van der Waals surface area (Å²) in [5.74, 6) is -6.36. The van der Waals surface area contributed by atoms with Crippen LogP contribution in [0.15, 0.2) is 76.2 Å². The predicted molar refractivity (Wildman–Crippen MR) is 160 cm³/mol. The molecule has 43 heavy (non-hydrogen) atoms. The number of halogens is 5. The van der Waals surface area contributed by atoms with E-state index in [0.29, 0.717) is 25.7 Å². The van der Waals surface area contributed by atoms with Crippen LogP contribution in [0.4, 0.5) is 22.0 Å². The molecule has 0 saturated heterocycles. The first-order valence-corrected chi connectivity index (χ1v) is 16.1. The number of fused-ring (bicyclic) bond motifs is 4. The van der Waals surface area contributed by atoms with Crippen molar-refractivity contribution in [3.05, 3.63) is 88.0 Å². The number of aliphatic hydroxyl groups is 1.